The number of Topliss-reactive ketones (excluding diaryl/α,β-unsaturated/α-hetero) is 1. The molecule has 5 nitrogen and oxygen atoms in total. The predicted molar refractivity (Wildman–Crippen MR) is 114 cm³/mol. The molecule has 0 aliphatic carbocycles. The van der Waals surface area contributed by atoms with Gasteiger partial charge in [-0.25, -0.2) is 4.79 Å². The van der Waals surface area contributed by atoms with E-state index in [-0.39, 0.29) is 17.6 Å². The van der Waals surface area contributed by atoms with E-state index < -0.39 is 6.04 Å². The van der Waals surface area contributed by atoms with Crippen molar-refractivity contribution in [1.29, 1.82) is 0 Å². The Bertz CT molecular complexity index is 916. The molecule has 1 aliphatic rings. The third kappa shape index (κ3) is 4.86. The van der Waals surface area contributed by atoms with Gasteiger partial charge in [0.2, 0.25) is 0 Å². The van der Waals surface area contributed by atoms with Crippen molar-refractivity contribution < 1.29 is 14.7 Å². The fraction of sp³-hybridized carbons (Fsp3) is 0.333. The van der Waals surface area contributed by atoms with Crippen LogP contribution in [0.15, 0.2) is 59.8 Å². The molecule has 0 radical (unpaired) electrons. The maximum atomic E-state index is 13.4. The van der Waals surface area contributed by atoms with Gasteiger partial charge in [0.05, 0.1) is 6.04 Å². The number of benzene rings is 2. The second-order valence-electron chi connectivity index (χ2n) is 7.36. The molecule has 0 bridgehead atoms. The maximum absolute atomic E-state index is 13.4. The van der Waals surface area contributed by atoms with Gasteiger partial charge in [-0.1, -0.05) is 63.1 Å². The quantitative estimate of drug-likeness (QED) is 0.436. The molecule has 0 fully saturated rings. The zero-order valence-corrected chi connectivity index (χ0v) is 17.0. The van der Waals surface area contributed by atoms with Gasteiger partial charge in [0.25, 0.3) is 0 Å². The molecule has 2 aromatic rings. The summed E-state index contributed by atoms with van der Waals surface area (Å²) in [5.41, 5.74) is 3.61. The highest BCUT2D eigenvalue weighted by Crippen LogP contribution is 2.32. The summed E-state index contributed by atoms with van der Waals surface area (Å²) in [5, 5.41) is 15.5. The summed E-state index contributed by atoms with van der Waals surface area (Å²) in [5.74, 6) is -0.0284. The minimum Gasteiger partial charge on any atom is -0.508 e. The van der Waals surface area contributed by atoms with Gasteiger partial charge in [-0.15, -0.1) is 0 Å². The Labute approximate surface area is 171 Å². The highest BCUT2D eigenvalue weighted by molar-refractivity contribution is 6.11. The standard InChI is InChI=1S/C24H28N2O3/c1-3-5-6-8-16-11-13-17(14-12-16)23(28)21-20(4-2)25-24(29)26-22(21)18-9-7-10-19(27)15-18/h7,9-15,22,27H,3-6,8H2,1-2H3,(H2,25,26,29). The van der Waals surface area contributed by atoms with E-state index >= 15 is 0 Å². The van der Waals surface area contributed by atoms with Crippen LogP contribution in [0.25, 0.3) is 0 Å². The van der Waals surface area contributed by atoms with E-state index in [0.29, 0.717) is 28.8 Å². The number of aryl methyl sites for hydroxylation is 1. The van der Waals surface area contributed by atoms with Gasteiger partial charge >= 0.3 is 6.03 Å². The number of rotatable bonds is 8. The molecular weight excluding hydrogens is 364 g/mol. The molecule has 1 heterocycles. The van der Waals surface area contributed by atoms with E-state index in [0.717, 1.165) is 12.8 Å². The lowest BCUT2D eigenvalue weighted by Gasteiger charge is -2.29. The Kier molecular flexibility index (Phi) is 6.70. The van der Waals surface area contributed by atoms with E-state index in [1.165, 1.54) is 18.4 Å². The van der Waals surface area contributed by atoms with E-state index in [1.807, 2.05) is 31.2 Å². The Hall–Kier alpha value is -3.08. The lowest BCUT2D eigenvalue weighted by Crippen LogP contribution is -2.45. The first-order valence-corrected chi connectivity index (χ1v) is 10.3. The van der Waals surface area contributed by atoms with Gasteiger partial charge in [-0.3, -0.25) is 4.79 Å². The normalized spacial score (nSPS) is 16.3. The minimum atomic E-state index is -0.609. The van der Waals surface area contributed by atoms with Gasteiger partial charge in [0.1, 0.15) is 5.75 Å². The Morgan fingerprint density at radius 3 is 2.48 bits per heavy atom. The molecular formula is C24H28N2O3. The monoisotopic (exact) mass is 392 g/mol. The Morgan fingerprint density at radius 1 is 1.07 bits per heavy atom. The van der Waals surface area contributed by atoms with Crippen molar-refractivity contribution in [2.45, 2.75) is 52.0 Å². The first kappa shape index (κ1) is 20.6. The van der Waals surface area contributed by atoms with E-state index in [9.17, 15) is 14.7 Å². The number of phenols is 1. The highest BCUT2D eigenvalue weighted by Gasteiger charge is 2.32. The van der Waals surface area contributed by atoms with Crippen LogP contribution in [0.3, 0.4) is 0 Å². The van der Waals surface area contributed by atoms with E-state index in [2.05, 4.69) is 17.6 Å². The number of hydrogen-bond acceptors (Lipinski definition) is 3. The van der Waals surface area contributed by atoms with Crippen LogP contribution in [-0.4, -0.2) is 16.9 Å². The van der Waals surface area contributed by atoms with Crippen LogP contribution in [-0.2, 0) is 6.42 Å². The summed E-state index contributed by atoms with van der Waals surface area (Å²) >= 11 is 0. The topological polar surface area (TPSA) is 78.4 Å². The number of nitrogens with one attached hydrogen (secondary N) is 2. The number of unbranched alkanes of at least 4 members (excludes halogenated alkanes) is 2. The molecule has 29 heavy (non-hydrogen) atoms. The summed E-state index contributed by atoms with van der Waals surface area (Å²) in [7, 11) is 0. The van der Waals surface area contributed by atoms with Crippen molar-refractivity contribution in [3.8, 4) is 5.75 Å². The molecule has 1 aliphatic heterocycles. The van der Waals surface area contributed by atoms with Gasteiger partial charge in [0, 0.05) is 16.8 Å². The summed E-state index contributed by atoms with van der Waals surface area (Å²) < 4.78 is 0. The third-order valence-electron chi connectivity index (χ3n) is 5.24. The summed E-state index contributed by atoms with van der Waals surface area (Å²) in [6, 6.07) is 13.4. The number of urea groups is 1. The highest BCUT2D eigenvalue weighted by atomic mass is 16.3. The largest absolute Gasteiger partial charge is 0.508 e. The van der Waals surface area contributed by atoms with Crippen LogP contribution in [0.1, 0.15) is 67.1 Å². The third-order valence-corrected chi connectivity index (χ3v) is 5.24. The van der Waals surface area contributed by atoms with Crippen LogP contribution in [0.2, 0.25) is 0 Å². The first-order valence-electron chi connectivity index (χ1n) is 10.3. The van der Waals surface area contributed by atoms with Crippen molar-refractivity contribution >= 4 is 11.8 Å². The van der Waals surface area contributed by atoms with Crippen LogP contribution in [0, 0.1) is 0 Å². The molecule has 5 heteroatoms. The summed E-state index contributed by atoms with van der Waals surface area (Å²) in [6.45, 7) is 4.09. The van der Waals surface area contributed by atoms with Gasteiger partial charge in [-0.05, 0) is 42.5 Å². The number of phenolic OH excluding ortho intramolecular Hbond substituents is 1. The molecule has 1 unspecified atom stereocenters. The number of carbonyl (C=O) groups is 2. The fourth-order valence-electron chi connectivity index (χ4n) is 3.68. The second kappa shape index (κ2) is 9.41. The number of allylic oxidation sites excluding steroid dienone is 1. The second-order valence-corrected chi connectivity index (χ2v) is 7.36. The molecule has 0 saturated carbocycles. The number of hydrogen-bond donors (Lipinski definition) is 3. The number of amides is 2. The summed E-state index contributed by atoms with van der Waals surface area (Å²) in [6.07, 6.45) is 5.06. The van der Waals surface area contributed by atoms with Crippen LogP contribution < -0.4 is 10.6 Å². The lowest BCUT2D eigenvalue weighted by molar-refractivity contribution is 0.102. The van der Waals surface area contributed by atoms with Gasteiger partial charge in [-0.2, -0.15) is 0 Å². The van der Waals surface area contributed by atoms with Crippen LogP contribution in [0.4, 0.5) is 4.79 Å². The van der Waals surface area contributed by atoms with Gasteiger partial charge in [0.15, 0.2) is 5.78 Å². The average Bonchev–Trinajstić information content (AvgIpc) is 2.73. The van der Waals surface area contributed by atoms with Crippen molar-refractivity contribution in [3.05, 3.63) is 76.5 Å². The van der Waals surface area contributed by atoms with E-state index in [4.69, 9.17) is 0 Å². The predicted octanol–water partition coefficient (Wildman–Crippen LogP) is 5.03. The molecule has 1 atom stereocenters. The van der Waals surface area contributed by atoms with Crippen molar-refractivity contribution in [2.75, 3.05) is 0 Å². The smallest absolute Gasteiger partial charge is 0.319 e. The summed E-state index contributed by atoms with van der Waals surface area (Å²) in [4.78, 5) is 25.5. The van der Waals surface area contributed by atoms with Crippen molar-refractivity contribution in [3.63, 3.8) is 0 Å². The molecule has 3 rings (SSSR count). The van der Waals surface area contributed by atoms with Crippen LogP contribution >= 0.6 is 0 Å². The Morgan fingerprint density at radius 2 is 1.83 bits per heavy atom. The fourth-order valence-corrected chi connectivity index (χ4v) is 3.68. The number of carbonyl (C=O) groups excluding carboxylic acids is 2. The minimum absolute atomic E-state index is 0.0940. The molecule has 0 spiro atoms. The zero-order chi connectivity index (χ0) is 20.8. The SMILES string of the molecule is CCCCCc1ccc(C(=O)C2=C(CC)NC(=O)NC2c2cccc(O)c2)cc1. The van der Waals surface area contributed by atoms with Crippen molar-refractivity contribution in [1.82, 2.24) is 10.6 Å². The lowest BCUT2D eigenvalue weighted by atomic mass is 9.88. The maximum Gasteiger partial charge on any atom is 0.319 e. The number of aromatic hydroxyl groups is 1. The van der Waals surface area contributed by atoms with Gasteiger partial charge < -0.3 is 15.7 Å². The number of ketones is 1. The Balaban J connectivity index is 1.93. The zero-order valence-electron chi connectivity index (χ0n) is 17.0. The molecule has 2 aromatic carbocycles. The van der Waals surface area contributed by atoms with Crippen LogP contribution in [0.5, 0.6) is 5.75 Å². The molecule has 0 saturated heterocycles. The molecule has 152 valence electrons. The molecule has 3 N–H and O–H groups in total. The van der Waals surface area contributed by atoms with E-state index in [1.54, 1.807) is 24.3 Å². The molecule has 2 amide bonds. The average molecular weight is 392 g/mol. The molecule has 0 aromatic heterocycles. The first-order chi connectivity index (χ1) is 14.0. The van der Waals surface area contributed by atoms with Crippen molar-refractivity contribution in [2.24, 2.45) is 0 Å².